The van der Waals surface area contributed by atoms with Gasteiger partial charge in [-0.3, -0.25) is 4.98 Å². The van der Waals surface area contributed by atoms with Gasteiger partial charge in [0.1, 0.15) is 18.0 Å². The van der Waals surface area contributed by atoms with Gasteiger partial charge in [0.2, 0.25) is 0 Å². The molecule has 0 fully saturated rings. The third-order valence-electron chi connectivity index (χ3n) is 5.29. The fourth-order valence-corrected chi connectivity index (χ4v) is 3.55. The number of aromatic nitrogens is 4. The molecule has 0 saturated carbocycles. The minimum atomic E-state index is 0.741. The normalized spacial score (nSPS) is 13.6. The lowest BCUT2D eigenvalue weighted by Gasteiger charge is -2.27. The summed E-state index contributed by atoms with van der Waals surface area (Å²) in [5, 5.41) is 3.35. The molecule has 0 amide bonds. The Kier molecular flexibility index (Phi) is 5.61. The largest absolute Gasteiger partial charge is 0.372 e. The summed E-state index contributed by atoms with van der Waals surface area (Å²) in [4.78, 5) is 22.4. The maximum atomic E-state index is 5.01. The van der Waals surface area contributed by atoms with Crippen LogP contribution in [0.2, 0.25) is 0 Å². The van der Waals surface area contributed by atoms with E-state index in [-0.39, 0.29) is 0 Å². The zero-order valence-electron chi connectivity index (χ0n) is 17.8. The molecule has 3 aromatic rings. The van der Waals surface area contributed by atoms with Gasteiger partial charge in [-0.05, 0) is 44.0 Å². The number of nitrogens with one attached hydrogen (secondary N) is 1. The van der Waals surface area contributed by atoms with E-state index in [1.807, 2.05) is 25.3 Å². The van der Waals surface area contributed by atoms with Crippen molar-refractivity contribution in [2.24, 2.45) is 0 Å². The van der Waals surface area contributed by atoms with Crippen molar-refractivity contribution in [3.05, 3.63) is 66.6 Å². The van der Waals surface area contributed by atoms with Crippen molar-refractivity contribution >= 4 is 17.3 Å². The van der Waals surface area contributed by atoms with Crippen LogP contribution in [0.5, 0.6) is 0 Å². The summed E-state index contributed by atoms with van der Waals surface area (Å²) in [5.41, 5.74) is 4.95. The summed E-state index contributed by atoms with van der Waals surface area (Å²) >= 11 is 0. The summed E-state index contributed by atoms with van der Waals surface area (Å²) in [7, 11) is 2.10. The first-order valence-electron chi connectivity index (χ1n) is 10.2. The molecular formula is C23H27N7. The summed E-state index contributed by atoms with van der Waals surface area (Å²) in [6, 6.07) is 10.2. The maximum Gasteiger partial charge on any atom is 0.158 e. The van der Waals surface area contributed by atoms with E-state index in [0.717, 1.165) is 71.7 Å². The summed E-state index contributed by atoms with van der Waals surface area (Å²) in [6.45, 7) is 10.1. The Hall–Kier alpha value is -3.48. The van der Waals surface area contributed by atoms with E-state index in [1.54, 1.807) is 6.33 Å². The third-order valence-corrected chi connectivity index (χ3v) is 5.29. The van der Waals surface area contributed by atoms with Crippen molar-refractivity contribution in [2.75, 3.05) is 35.3 Å². The Balaban J connectivity index is 1.68. The van der Waals surface area contributed by atoms with Crippen LogP contribution in [0.15, 0.2) is 55.3 Å². The third kappa shape index (κ3) is 4.10. The summed E-state index contributed by atoms with van der Waals surface area (Å²) < 4.78 is 0. The van der Waals surface area contributed by atoms with Gasteiger partial charge < -0.3 is 15.1 Å². The van der Waals surface area contributed by atoms with E-state index in [2.05, 4.69) is 68.8 Å². The zero-order chi connectivity index (χ0) is 21.1. The van der Waals surface area contributed by atoms with E-state index >= 15 is 0 Å². The molecule has 1 aliphatic heterocycles. The second kappa shape index (κ2) is 8.49. The van der Waals surface area contributed by atoms with Crippen LogP contribution in [0, 0.1) is 6.92 Å². The smallest absolute Gasteiger partial charge is 0.158 e. The number of aryl methyl sites for hydroxylation is 2. The van der Waals surface area contributed by atoms with Crippen LogP contribution >= 0.6 is 0 Å². The topological polar surface area (TPSA) is 70.1 Å². The molecule has 0 bridgehead atoms. The molecule has 1 N–H and O–H groups in total. The fraction of sp³-hybridized carbons (Fsp3) is 0.304. The number of fused-ring (bicyclic) bond motifs is 1. The van der Waals surface area contributed by atoms with Gasteiger partial charge in [-0.15, -0.1) is 0 Å². The zero-order valence-corrected chi connectivity index (χ0v) is 17.8. The molecule has 154 valence electrons. The number of hydrogen-bond donors (Lipinski definition) is 1. The van der Waals surface area contributed by atoms with Crippen LogP contribution in [-0.4, -0.2) is 40.1 Å². The lowest BCUT2D eigenvalue weighted by molar-refractivity contribution is 0.789. The Morgan fingerprint density at radius 1 is 1.13 bits per heavy atom. The van der Waals surface area contributed by atoms with E-state index in [0.29, 0.717) is 0 Å². The van der Waals surface area contributed by atoms with Crippen LogP contribution < -0.4 is 15.1 Å². The van der Waals surface area contributed by atoms with Gasteiger partial charge in [-0.1, -0.05) is 13.5 Å². The highest BCUT2D eigenvalue weighted by atomic mass is 15.3. The first-order valence-corrected chi connectivity index (χ1v) is 10.2. The average molecular weight is 402 g/mol. The number of hydrogen-bond acceptors (Lipinski definition) is 7. The minimum Gasteiger partial charge on any atom is -0.372 e. The van der Waals surface area contributed by atoms with E-state index in [1.165, 1.54) is 0 Å². The molecule has 0 saturated heterocycles. The first kappa shape index (κ1) is 19.8. The lowest BCUT2D eigenvalue weighted by atomic mass is 10.1. The van der Waals surface area contributed by atoms with Gasteiger partial charge in [-0.25, -0.2) is 15.0 Å². The molecule has 4 rings (SSSR count). The molecule has 7 heteroatoms. The molecule has 4 heterocycles. The highest BCUT2D eigenvalue weighted by Crippen LogP contribution is 2.34. The van der Waals surface area contributed by atoms with Crippen molar-refractivity contribution in [1.82, 2.24) is 19.9 Å². The predicted octanol–water partition coefficient (Wildman–Crippen LogP) is 4.03. The molecule has 0 radical (unpaired) electrons. The fourth-order valence-electron chi connectivity index (χ4n) is 3.55. The quantitative estimate of drug-likeness (QED) is 0.692. The van der Waals surface area contributed by atoms with E-state index in [4.69, 9.17) is 4.98 Å². The molecule has 7 nitrogen and oxygen atoms in total. The Bertz CT molecular complexity index is 1050. The average Bonchev–Trinajstić information content (AvgIpc) is 2.93. The molecule has 0 unspecified atom stereocenters. The maximum absolute atomic E-state index is 5.01. The van der Waals surface area contributed by atoms with Gasteiger partial charge in [0.15, 0.2) is 5.82 Å². The van der Waals surface area contributed by atoms with E-state index in [9.17, 15) is 0 Å². The SMILES string of the molecule is C=C(Nc1cc(CC)ncn1)N1CCCN(C)c2ccc(-c3ccc(C)nc3)nc21. The van der Waals surface area contributed by atoms with Gasteiger partial charge in [0.25, 0.3) is 0 Å². The van der Waals surface area contributed by atoms with Gasteiger partial charge in [0, 0.05) is 49.4 Å². The minimum absolute atomic E-state index is 0.741. The van der Waals surface area contributed by atoms with Gasteiger partial charge >= 0.3 is 0 Å². The second-order valence-electron chi connectivity index (χ2n) is 7.47. The Morgan fingerprint density at radius 2 is 2.00 bits per heavy atom. The molecule has 0 spiro atoms. The standard InChI is InChI=1S/C23H27N7/c1-5-19-13-22(26-15-25-19)27-17(3)30-12-6-11-29(4)21-10-9-20(28-23(21)30)18-8-7-16(2)24-14-18/h7-10,13-15H,3,5-6,11-12H2,1-2,4H3,(H,25,26,27). The molecule has 3 aromatic heterocycles. The molecule has 1 aliphatic rings. The molecule has 30 heavy (non-hydrogen) atoms. The predicted molar refractivity (Wildman–Crippen MR) is 122 cm³/mol. The number of nitrogens with zero attached hydrogens (tertiary/aromatic N) is 6. The first-order chi connectivity index (χ1) is 14.5. The van der Waals surface area contributed by atoms with Gasteiger partial charge in [-0.2, -0.15) is 0 Å². The van der Waals surface area contributed by atoms with Crippen molar-refractivity contribution in [3.63, 3.8) is 0 Å². The molecule has 0 aromatic carbocycles. The number of pyridine rings is 2. The van der Waals surface area contributed by atoms with Crippen molar-refractivity contribution in [3.8, 4) is 11.3 Å². The highest BCUT2D eigenvalue weighted by molar-refractivity contribution is 5.75. The monoisotopic (exact) mass is 401 g/mol. The van der Waals surface area contributed by atoms with Crippen LogP contribution in [0.25, 0.3) is 11.3 Å². The van der Waals surface area contributed by atoms with E-state index < -0.39 is 0 Å². The number of rotatable bonds is 5. The second-order valence-corrected chi connectivity index (χ2v) is 7.47. The summed E-state index contributed by atoms with van der Waals surface area (Å²) in [6.07, 6.45) is 5.31. The van der Waals surface area contributed by atoms with Crippen LogP contribution in [0.4, 0.5) is 17.3 Å². The van der Waals surface area contributed by atoms with Gasteiger partial charge in [0.05, 0.1) is 11.4 Å². The molecule has 0 aliphatic carbocycles. The van der Waals surface area contributed by atoms with Crippen molar-refractivity contribution in [2.45, 2.75) is 26.7 Å². The van der Waals surface area contributed by atoms with Crippen molar-refractivity contribution in [1.29, 1.82) is 0 Å². The van der Waals surface area contributed by atoms with Crippen LogP contribution in [0.3, 0.4) is 0 Å². The van der Waals surface area contributed by atoms with Crippen molar-refractivity contribution < 1.29 is 0 Å². The Morgan fingerprint density at radius 3 is 2.77 bits per heavy atom. The lowest BCUT2D eigenvalue weighted by Crippen LogP contribution is -2.28. The highest BCUT2D eigenvalue weighted by Gasteiger charge is 2.23. The van der Waals surface area contributed by atoms with Crippen LogP contribution in [0.1, 0.15) is 24.7 Å². The summed E-state index contributed by atoms with van der Waals surface area (Å²) in [5.74, 6) is 2.37. The molecular weight excluding hydrogens is 374 g/mol. The van der Waals surface area contributed by atoms with Crippen LogP contribution in [-0.2, 0) is 6.42 Å². The molecule has 0 atom stereocenters. The number of anilines is 3. The Labute approximate surface area is 177 Å².